The maximum atomic E-state index is 13.1. The molecule has 11 heteroatoms. The van der Waals surface area contributed by atoms with Crippen molar-refractivity contribution in [1.82, 2.24) is 15.3 Å². The van der Waals surface area contributed by atoms with Crippen LogP contribution in [0.4, 0.5) is 11.8 Å². The third-order valence-corrected chi connectivity index (χ3v) is 5.62. The Labute approximate surface area is 228 Å². The van der Waals surface area contributed by atoms with Gasteiger partial charge in [0.1, 0.15) is 28.2 Å². The molecule has 0 aliphatic rings. The van der Waals surface area contributed by atoms with Crippen LogP contribution in [0, 0.1) is 0 Å². The number of benzene rings is 1. The fourth-order valence-electron chi connectivity index (χ4n) is 3.79. The van der Waals surface area contributed by atoms with Gasteiger partial charge in [0.15, 0.2) is 0 Å². The van der Waals surface area contributed by atoms with E-state index in [1.807, 2.05) is 6.92 Å². The average Bonchev–Trinajstić information content (AvgIpc) is 2.76. The number of amides is 1. The number of aromatic nitrogens is 2. The van der Waals surface area contributed by atoms with Crippen molar-refractivity contribution >= 4 is 41.2 Å². The first-order chi connectivity index (χ1) is 17.5. The molecular weight excluding hydrogens is 510 g/mol. The fraction of sp³-hybridized carbons (Fsp3) is 0.519. The Balaban J connectivity index is 2.22. The highest BCUT2D eigenvalue weighted by Crippen LogP contribution is 2.35. The number of hydrogen-bond donors (Lipinski definition) is 3. The van der Waals surface area contributed by atoms with E-state index in [-0.39, 0.29) is 35.7 Å². The summed E-state index contributed by atoms with van der Waals surface area (Å²) in [5.41, 5.74) is 12.0. The highest BCUT2D eigenvalue weighted by molar-refractivity contribution is 6.30. The van der Waals surface area contributed by atoms with Gasteiger partial charge in [0, 0.05) is 23.5 Å². The van der Waals surface area contributed by atoms with Crippen molar-refractivity contribution in [2.45, 2.75) is 90.9 Å². The summed E-state index contributed by atoms with van der Waals surface area (Å²) in [6.45, 7) is 12.4. The minimum Gasteiger partial charge on any atom is -0.460 e. The molecule has 10 nitrogen and oxygen atoms in total. The molecule has 0 aliphatic carbocycles. The molecule has 0 bridgehead atoms. The smallest absolute Gasteiger partial charge is 0.329 e. The third kappa shape index (κ3) is 9.16. The first kappa shape index (κ1) is 30.8. The van der Waals surface area contributed by atoms with Gasteiger partial charge in [0.25, 0.3) is 5.91 Å². The zero-order valence-electron chi connectivity index (χ0n) is 23.1. The van der Waals surface area contributed by atoms with E-state index in [1.54, 1.807) is 65.8 Å². The van der Waals surface area contributed by atoms with E-state index in [9.17, 15) is 14.4 Å². The molecule has 2 aromatic rings. The van der Waals surface area contributed by atoms with Gasteiger partial charge in [0.2, 0.25) is 5.95 Å². The Bertz CT molecular complexity index is 1130. The average molecular weight is 548 g/mol. The third-order valence-electron chi connectivity index (χ3n) is 5.33. The monoisotopic (exact) mass is 547 g/mol. The molecule has 0 saturated carbocycles. The molecule has 1 heterocycles. The summed E-state index contributed by atoms with van der Waals surface area (Å²) in [5.74, 6) is -1.63. The number of halogens is 1. The maximum Gasteiger partial charge on any atom is 0.329 e. The number of carbonyl (C=O) groups excluding carboxylic acids is 3. The van der Waals surface area contributed by atoms with Gasteiger partial charge in [-0.25, -0.2) is 9.78 Å². The minimum atomic E-state index is -1.04. The van der Waals surface area contributed by atoms with Crippen LogP contribution in [0.2, 0.25) is 5.15 Å². The number of rotatable bonds is 9. The molecule has 0 spiro atoms. The van der Waals surface area contributed by atoms with Crippen molar-refractivity contribution in [3.05, 3.63) is 46.1 Å². The molecule has 2 atom stereocenters. The first-order valence-corrected chi connectivity index (χ1v) is 12.8. The molecule has 1 unspecified atom stereocenters. The van der Waals surface area contributed by atoms with Gasteiger partial charge < -0.3 is 26.3 Å². The number of anilines is 2. The zero-order valence-corrected chi connectivity index (χ0v) is 23.8. The number of nitrogens with two attached hydrogens (primary N) is 2. The number of nitrogens with one attached hydrogen (secondary N) is 1. The highest BCUT2D eigenvalue weighted by Gasteiger charge is 2.29. The first-order valence-electron chi connectivity index (χ1n) is 12.4. The summed E-state index contributed by atoms with van der Waals surface area (Å²) >= 11 is 6.31. The Morgan fingerprint density at radius 2 is 1.55 bits per heavy atom. The van der Waals surface area contributed by atoms with E-state index >= 15 is 0 Å². The van der Waals surface area contributed by atoms with E-state index in [1.165, 1.54) is 0 Å². The van der Waals surface area contributed by atoms with Crippen LogP contribution in [0.5, 0.6) is 0 Å². The summed E-state index contributed by atoms with van der Waals surface area (Å²) in [6, 6.07) is 5.78. The second-order valence-electron chi connectivity index (χ2n) is 10.9. The molecule has 0 saturated heterocycles. The molecule has 208 valence electrons. The van der Waals surface area contributed by atoms with Crippen LogP contribution in [0.1, 0.15) is 95.1 Å². The van der Waals surface area contributed by atoms with Crippen LogP contribution in [0.25, 0.3) is 0 Å². The quantitative estimate of drug-likeness (QED) is 0.305. The van der Waals surface area contributed by atoms with Crippen LogP contribution in [-0.2, 0) is 19.1 Å². The fourth-order valence-corrected chi connectivity index (χ4v) is 4.10. The maximum absolute atomic E-state index is 13.1. The normalized spacial score (nSPS) is 13.4. The van der Waals surface area contributed by atoms with Gasteiger partial charge in [-0.15, -0.1) is 0 Å². The largest absolute Gasteiger partial charge is 0.460 e. The van der Waals surface area contributed by atoms with E-state index in [0.717, 1.165) is 5.56 Å². The molecule has 1 amide bonds. The van der Waals surface area contributed by atoms with E-state index < -0.39 is 35.1 Å². The van der Waals surface area contributed by atoms with Gasteiger partial charge in [-0.05, 0) is 72.1 Å². The number of esters is 2. The molecule has 0 fully saturated rings. The second kappa shape index (κ2) is 12.4. The number of ether oxygens (including phenoxy) is 2. The van der Waals surface area contributed by atoms with Crippen LogP contribution in [0.15, 0.2) is 24.3 Å². The standard InChI is InChI=1S/C27H38ClN5O5/c1-8-17(20-21(28)32-25(30)33-22(20)29)15-9-11-16(12-10-15)23(35)31-18(24(36)38-27(5,6)7)13-14-19(34)37-26(2,3)4/h9-12,17-18H,8,13-14H2,1-7H3,(H,31,35)(H4,29,30,32,33)/t17?,18-/m0/s1. The molecular formula is C27H38ClN5O5. The SMILES string of the molecule is CCC(c1ccc(C(=O)N[C@@H](CCC(=O)OC(C)(C)C)C(=O)OC(C)(C)C)cc1)c1c(N)nc(N)nc1Cl. The Kier molecular flexibility index (Phi) is 10.1. The number of nitrogens with zero attached hydrogens (tertiary/aromatic N) is 2. The van der Waals surface area contributed by atoms with Crippen molar-refractivity contribution in [3.8, 4) is 0 Å². The summed E-state index contributed by atoms with van der Waals surface area (Å²) in [6.07, 6.45) is 0.610. The van der Waals surface area contributed by atoms with Crippen molar-refractivity contribution in [3.63, 3.8) is 0 Å². The Morgan fingerprint density at radius 3 is 2.05 bits per heavy atom. The van der Waals surface area contributed by atoms with Crippen molar-refractivity contribution in [2.24, 2.45) is 0 Å². The molecule has 2 rings (SSSR count). The number of nitrogen functional groups attached to an aromatic ring is 2. The van der Waals surface area contributed by atoms with Crippen LogP contribution in [0.3, 0.4) is 0 Å². The Morgan fingerprint density at radius 1 is 0.974 bits per heavy atom. The Hall–Kier alpha value is -3.40. The summed E-state index contributed by atoms with van der Waals surface area (Å²) in [7, 11) is 0. The summed E-state index contributed by atoms with van der Waals surface area (Å²) < 4.78 is 10.8. The predicted molar refractivity (Wildman–Crippen MR) is 147 cm³/mol. The van der Waals surface area contributed by atoms with E-state index in [0.29, 0.717) is 17.5 Å². The lowest BCUT2D eigenvalue weighted by Gasteiger charge is -2.25. The van der Waals surface area contributed by atoms with Gasteiger partial charge in [-0.1, -0.05) is 30.7 Å². The van der Waals surface area contributed by atoms with E-state index in [4.69, 9.17) is 32.5 Å². The molecule has 5 N–H and O–H groups in total. The van der Waals surface area contributed by atoms with Gasteiger partial charge in [-0.3, -0.25) is 9.59 Å². The van der Waals surface area contributed by atoms with Crippen molar-refractivity contribution < 1.29 is 23.9 Å². The molecule has 1 aromatic carbocycles. The summed E-state index contributed by atoms with van der Waals surface area (Å²) in [4.78, 5) is 46.1. The van der Waals surface area contributed by atoms with Gasteiger partial charge in [0.05, 0.1) is 0 Å². The molecule has 1 aromatic heterocycles. The highest BCUT2D eigenvalue weighted by atomic mass is 35.5. The predicted octanol–water partition coefficient (Wildman–Crippen LogP) is 4.40. The summed E-state index contributed by atoms with van der Waals surface area (Å²) in [5, 5.41) is 2.87. The molecule has 0 radical (unpaired) electrons. The van der Waals surface area contributed by atoms with E-state index in [2.05, 4.69) is 15.3 Å². The number of carbonyl (C=O) groups is 3. The second-order valence-corrected chi connectivity index (χ2v) is 11.3. The molecule has 0 aliphatic heterocycles. The topological polar surface area (TPSA) is 160 Å². The lowest BCUT2D eigenvalue weighted by atomic mass is 9.89. The molecule has 38 heavy (non-hydrogen) atoms. The number of hydrogen-bond acceptors (Lipinski definition) is 9. The lowest BCUT2D eigenvalue weighted by molar-refractivity contribution is -0.158. The van der Waals surface area contributed by atoms with Gasteiger partial charge in [-0.2, -0.15) is 4.98 Å². The van der Waals surface area contributed by atoms with Crippen molar-refractivity contribution in [1.29, 1.82) is 0 Å². The minimum absolute atomic E-state index is 0.00988. The van der Waals surface area contributed by atoms with Crippen LogP contribution < -0.4 is 16.8 Å². The van der Waals surface area contributed by atoms with Crippen LogP contribution >= 0.6 is 11.6 Å². The van der Waals surface area contributed by atoms with Gasteiger partial charge >= 0.3 is 11.9 Å². The van der Waals surface area contributed by atoms with Crippen LogP contribution in [-0.4, -0.2) is 45.1 Å². The zero-order chi connectivity index (χ0) is 28.8. The van der Waals surface area contributed by atoms with Crippen molar-refractivity contribution in [2.75, 3.05) is 11.5 Å². The lowest BCUT2D eigenvalue weighted by Crippen LogP contribution is -2.44.